The van der Waals surface area contributed by atoms with E-state index in [0.717, 1.165) is 5.56 Å². The van der Waals surface area contributed by atoms with Crippen molar-refractivity contribution in [3.05, 3.63) is 59.2 Å². The largest absolute Gasteiger partial charge is 0.476 e. The fourth-order valence-electron chi connectivity index (χ4n) is 2.66. The Morgan fingerprint density at radius 1 is 1.12 bits per heavy atom. The van der Waals surface area contributed by atoms with E-state index in [4.69, 9.17) is 9.47 Å². The summed E-state index contributed by atoms with van der Waals surface area (Å²) in [7, 11) is 0. The molecule has 0 saturated heterocycles. The maximum absolute atomic E-state index is 13.5. The summed E-state index contributed by atoms with van der Waals surface area (Å²) in [5.41, 5.74) is 1.77. The van der Waals surface area contributed by atoms with Crippen LogP contribution in [0.3, 0.4) is 0 Å². The van der Waals surface area contributed by atoms with E-state index in [1.54, 1.807) is 19.1 Å². The second kappa shape index (κ2) is 6.27. The summed E-state index contributed by atoms with van der Waals surface area (Å²) in [6.07, 6.45) is -5.12. The van der Waals surface area contributed by atoms with E-state index in [2.05, 4.69) is 0 Å². The molecule has 1 aliphatic rings. The van der Waals surface area contributed by atoms with Crippen molar-refractivity contribution in [1.82, 2.24) is 0 Å². The highest BCUT2D eigenvalue weighted by Gasteiger charge is 2.46. The van der Waals surface area contributed by atoms with Crippen LogP contribution in [-0.4, -0.2) is 18.2 Å². The Labute approximate surface area is 142 Å². The van der Waals surface area contributed by atoms with Crippen LogP contribution >= 0.6 is 0 Å². The van der Waals surface area contributed by atoms with Crippen LogP contribution in [0.1, 0.15) is 23.6 Å². The second-order valence-corrected chi connectivity index (χ2v) is 5.80. The zero-order valence-corrected chi connectivity index (χ0v) is 13.6. The molecule has 0 spiro atoms. The molecule has 1 aliphatic heterocycles. The van der Waals surface area contributed by atoms with Crippen LogP contribution in [0.4, 0.5) is 13.2 Å². The van der Waals surface area contributed by atoms with Gasteiger partial charge in [-0.3, -0.25) is 4.79 Å². The van der Waals surface area contributed by atoms with Crippen molar-refractivity contribution in [2.24, 2.45) is 0 Å². The third kappa shape index (κ3) is 3.68. The number of carbonyl (C=O) groups excluding carboxylic acids is 1. The molecule has 0 bridgehead atoms. The number of ether oxygens (including phenoxy) is 2. The Kier molecular flexibility index (Phi) is 4.29. The minimum Gasteiger partial charge on any atom is -0.476 e. The fourth-order valence-corrected chi connectivity index (χ4v) is 2.66. The summed E-state index contributed by atoms with van der Waals surface area (Å²) in [6, 6.07) is 11.0. The van der Waals surface area contributed by atoms with Gasteiger partial charge in [-0.2, -0.15) is 13.2 Å². The van der Waals surface area contributed by atoms with Gasteiger partial charge in [0.05, 0.1) is 0 Å². The molecule has 0 saturated carbocycles. The van der Waals surface area contributed by atoms with Gasteiger partial charge in [-0.1, -0.05) is 24.3 Å². The van der Waals surface area contributed by atoms with Gasteiger partial charge in [0.25, 0.3) is 0 Å². The molecule has 25 heavy (non-hydrogen) atoms. The number of halogens is 3. The van der Waals surface area contributed by atoms with Gasteiger partial charge in [0, 0.05) is 18.1 Å². The van der Waals surface area contributed by atoms with Crippen molar-refractivity contribution in [2.75, 3.05) is 0 Å². The Bertz CT molecular complexity index is 836. The number of fused-ring (bicyclic) bond motifs is 1. The summed E-state index contributed by atoms with van der Waals surface area (Å²) < 4.78 is 50.6. The van der Waals surface area contributed by atoms with Crippen molar-refractivity contribution in [3.8, 4) is 11.5 Å². The van der Waals surface area contributed by atoms with E-state index in [1.807, 2.05) is 6.07 Å². The molecule has 0 aliphatic carbocycles. The van der Waals surface area contributed by atoms with Crippen LogP contribution in [0, 0.1) is 6.92 Å². The number of aryl methyl sites for hydroxylation is 1. The highest BCUT2D eigenvalue weighted by atomic mass is 19.4. The van der Waals surface area contributed by atoms with Gasteiger partial charge in [0.2, 0.25) is 6.10 Å². The van der Waals surface area contributed by atoms with Crippen molar-refractivity contribution < 1.29 is 27.4 Å². The number of rotatable bonds is 2. The number of hydrogen-bond acceptors (Lipinski definition) is 3. The van der Waals surface area contributed by atoms with Crippen LogP contribution in [0.15, 0.2) is 42.5 Å². The van der Waals surface area contributed by atoms with E-state index in [-0.39, 0.29) is 17.1 Å². The predicted molar refractivity (Wildman–Crippen MR) is 87.3 cm³/mol. The molecule has 0 radical (unpaired) electrons. The normalized spacial score (nSPS) is 16.5. The highest BCUT2D eigenvalue weighted by molar-refractivity contribution is 5.88. The zero-order chi connectivity index (χ0) is 18.2. The minimum absolute atomic E-state index is 0.0122. The van der Waals surface area contributed by atoms with Crippen LogP contribution in [0.2, 0.25) is 0 Å². The van der Waals surface area contributed by atoms with E-state index in [9.17, 15) is 18.0 Å². The quantitative estimate of drug-likeness (QED) is 0.578. The molecule has 1 unspecified atom stereocenters. The average molecular weight is 348 g/mol. The lowest BCUT2D eigenvalue weighted by Gasteiger charge is -2.29. The molecule has 2 aromatic carbocycles. The van der Waals surface area contributed by atoms with Crippen LogP contribution < -0.4 is 9.47 Å². The summed E-state index contributed by atoms with van der Waals surface area (Å²) in [5.74, 6) is -0.0128. The van der Waals surface area contributed by atoms with E-state index in [1.165, 1.54) is 37.3 Å². The summed E-state index contributed by atoms with van der Waals surface area (Å²) in [6.45, 7) is 3.04. The Hall–Kier alpha value is -2.76. The molecule has 6 heteroatoms. The molecule has 3 rings (SSSR count). The molecule has 130 valence electrons. The first kappa shape index (κ1) is 17.1. The number of benzene rings is 2. The predicted octanol–water partition coefficient (Wildman–Crippen LogP) is 4.78. The Morgan fingerprint density at radius 3 is 2.40 bits per heavy atom. The molecule has 1 heterocycles. The summed E-state index contributed by atoms with van der Waals surface area (Å²) in [5, 5.41) is 0. The lowest BCUT2D eigenvalue weighted by Crippen LogP contribution is -2.37. The Morgan fingerprint density at radius 2 is 1.80 bits per heavy atom. The molecule has 3 nitrogen and oxygen atoms in total. The lowest BCUT2D eigenvalue weighted by atomic mass is 9.94. The van der Waals surface area contributed by atoms with Crippen molar-refractivity contribution in [2.45, 2.75) is 26.1 Å². The Balaban J connectivity index is 2.03. The zero-order valence-electron chi connectivity index (χ0n) is 13.6. The maximum Gasteiger partial charge on any atom is 0.429 e. The monoisotopic (exact) mass is 348 g/mol. The molecular formula is C19H15F3O3. The van der Waals surface area contributed by atoms with E-state index in [0.29, 0.717) is 11.1 Å². The van der Waals surface area contributed by atoms with Gasteiger partial charge < -0.3 is 9.47 Å². The van der Waals surface area contributed by atoms with Gasteiger partial charge in [0.15, 0.2) is 0 Å². The van der Waals surface area contributed by atoms with Crippen LogP contribution in [0.5, 0.6) is 11.5 Å². The van der Waals surface area contributed by atoms with Crippen LogP contribution in [-0.2, 0) is 4.79 Å². The molecule has 0 aromatic heterocycles. The van der Waals surface area contributed by atoms with Gasteiger partial charge in [0.1, 0.15) is 11.5 Å². The molecule has 0 N–H and O–H groups in total. The van der Waals surface area contributed by atoms with Crippen molar-refractivity contribution in [1.29, 1.82) is 0 Å². The summed E-state index contributed by atoms with van der Waals surface area (Å²) in [4.78, 5) is 10.9. The smallest absolute Gasteiger partial charge is 0.429 e. The topological polar surface area (TPSA) is 35.5 Å². The molecular weight excluding hydrogens is 333 g/mol. The SMILES string of the molecule is CC(=O)Oc1ccc(C2=Cc3ccc(C)cc3OC2C(F)(F)F)cc1. The fraction of sp³-hybridized carbons (Fsp3) is 0.211. The number of esters is 1. The molecule has 2 aromatic rings. The van der Waals surface area contributed by atoms with E-state index >= 15 is 0 Å². The first-order valence-corrected chi connectivity index (χ1v) is 7.58. The van der Waals surface area contributed by atoms with Crippen molar-refractivity contribution >= 4 is 17.6 Å². The standard InChI is InChI=1S/C19H15F3O3/c1-11-3-4-14-10-16(18(19(20,21)22)25-17(14)9-11)13-5-7-15(8-6-13)24-12(2)23/h3-10,18H,1-2H3. The second-order valence-electron chi connectivity index (χ2n) is 5.80. The van der Waals surface area contributed by atoms with Gasteiger partial charge >= 0.3 is 12.1 Å². The van der Waals surface area contributed by atoms with Crippen molar-refractivity contribution in [3.63, 3.8) is 0 Å². The molecule has 1 atom stereocenters. The van der Waals surface area contributed by atoms with Gasteiger partial charge in [-0.05, 0) is 42.3 Å². The maximum atomic E-state index is 13.5. The van der Waals surface area contributed by atoms with Crippen LogP contribution in [0.25, 0.3) is 11.6 Å². The number of hydrogen-bond donors (Lipinski definition) is 0. The lowest BCUT2D eigenvalue weighted by molar-refractivity contribution is -0.177. The molecule has 0 amide bonds. The third-order valence-electron chi connectivity index (χ3n) is 3.75. The third-order valence-corrected chi connectivity index (χ3v) is 3.75. The highest BCUT2D eigenvalue weighted by Crippen LogP contribution is 2.41. The van der Waals surface area contributed by atoms with Gasteiger partial charge in [-0.15, -0.1) is 0 Å². The van der Waals surface area contributed by atoms with E-state index < -0.39 is 18.2 Å². The minimum atomic E-state index is -4.55. The average Bonchev–Trinajstić information content (AvgIpc) is 2.53. The number of carbonyl (C=O) groups is 1. The first-order chi connectivity index (χ1) is 11.7. The number of alkyl halides is 3. The molecule has 0 fully saturated rings. The summed E-state index contributed by atoms with van der Waals surface area (Å²) >= 11 is 0. The van der Waals surface area contributed by atoms with Gasteiger partial charge in [-0.25, -0.2) is 0 Å². The first-order valence-electron chi connectivity index (χ1n) is 7.58.